The van der Waals surface area contributed by atoms with Crippen LogP contribution in [0.25, 0.3) is 0 Å². The predicted octanol–water partition coefficient (Wildman–Crippen LogP) is 1.72. The van der Waals surface area contributed by atoms with Gasteiger partial charge in [0.15, 0.2) is 0 Å². The Morgan fingerprint density at radius 2 is 2.32 bits per heavy atom. The Morgan fingerprint density at radius 1 is 1.42 bits per heavy atom. The van der Waals surface area contributed by atoms with E-state index in [1.54, 1.807) is 11.3 Å². The van der Waals surface area contributed by atoms with Crippen molar-refractivity contribution in [3.63, 3.8) is 0 Å². The van der Waals surface area contributed by atoms with E-state index in [-0.39, 0.29) is 5.91 Å². The molecule has 2 heterocycles. The van der Waals surface area contributed by atoms with Crippen molar-refractivity contribution in [2.75, 3.05) is 6.54 Å². The number of aromatic amines is 1. The number of hydrogen-bond donors (Lipinski definition) is 2. The van der Waals surface area contributed by atoms with Gasteiger partial charge in [0.05, 0.1) is 4.88 Å². The Labute approximate surface area is 115 Å². The molecule has 0 spiro atoms. The Morgan fingerprint density at radius 3 is 3.11 bits per heavy atom. The highest BCUT2D eigenvalue weighted by Crippen LogP contribution is 2.29. The molecule has 0 fully saturated rings. The van der Waals surface area contributed by atoms with Gasteiger partial charge < -0.3 is 5.32 Å². The maximum atomic E-state index is 12.0. The largest absolute Gasteiger partial charge is 0.351 e. The van der Waals surface area contributed by atoms with Gasteiger partial charge in [-0.2, -0.15) is 5.10 Å². The Kier molecular flexibility index (Phi) is 3.59. The van der Waals surface area contributed by atoms with Crippen LogP contribution in [0.5, 0.6) is 0 Å². The third-order valence-electron chi connectivity index (χ3n) is 3.33. The van der Waals surface area contributed by atoms with E-state index < -0.39 is 0 Å². The van der Waals surface area contributed by atoms with Crippen LogP contribution < -0.4 is 5.32 Å². The normalized spacial score (nSPS) is 14.1. The molecular weight excluding hydrogens is 260 g/mol. The van der Waals surface area contributed by atoms with E-state index in [0.29, 0.717) is 13.0 Å². The van der Waals surface area contributed by atoms with Gasteiger partial charge >= 0.3 is 0 Å². The summed E-state index contributed by atoms with van der Waals surface area (Å²) < 4.78 is 0. The van der Waals surface area contributed by atoms with Crippen LogP contribution in [0.2, 0.25) is 0 Å². The maximum Gasteiger partial charge on any atom is 0.261 e. The average Bonchev–Trinajstić information content (AvgIpc) is 3.07. The molecule has 0 saturated carbocycles. The van der Waals surface area contributed by atoms with E-state index in [9.17, 15) is 4.79 Å². The number of thiophene rings is 1. The monoisotopic (exact) mass is 276 g/mol. The molecule has 0 radical (unpaired) electrons. The van der Waals surface area contributed by atoms with Crippen LogP contribution in [0.1, 0.15) is 38.8 Å². The highest BCUT2D eigenvalue weighted by Gasteiger charge is 2.16. The lowest BCUT2D eigenvalue weighted by Gasteiger charge is -2.08. The highest BCUT2D eigenvalue weighted by molar-refractivity contribution is 7.14. The molecule has 0 saturated heterocycles. The van der Waals surface area contributed by atoms with Crippen molar-refractivity contribution < 1.29 is 4.79 Å². The number of nitrogens with one attached hydrogen (secondary N) is 2. The fourth-order valence-electron chi connectivity index (χ4n) is 2.34. The number of carbonyl (C=O) groups excluding carboxylic acids is 1. The number of aromatic nitrogens is 3. The minimum Gasteiger partial charge on any atom is -0.351 e. The van der Waals surface area contributed by atoms with E-state index in [1.807, 2.05) is 0 Å². The molecule has 2 aromatic rings. The minimum atomic E-state index is 0.0268. The summed E-state index contributed by atoms with van der Waals surface area (Å²) >= 11 is 1.64. The molecule has 0 bridgehead atoms. The van der Waals surface area contributed by atoms with Crippen molar-refractivity contribution in [1.82, 2.24) is 20.5 Å². The molecule has 100 valence electrons. The van der Waals surface area contributed by atoms with Crippen molar-refractivity contribution in [1.29, 1.82) is 0 Å². The van der Waals surface area contributed by atoms with Crippen LogP contribution in [-0.4, -0.2) is 27.6 Å². The Balaban J connectivity index is 1.56. The van der Waals surface area contributed by atoms with E-state index in [0.717, 1.165) is 23.5 Å². The van der Waals surface area contributed by atoms with Crippen LogP contribution in [0.3, 0.4) is 0 Å². The first-order chi connectivity index (χ1) is 9.33. The standard InChI is InChI=1S/C13H16N4OS/c18-13(14-6-5-12-15-8-16-17-12)11-7-9-3-1-2-4-10(9)19-11/h7-8H,1-6H2,(H,14,18)(H,15,16,17). The van der Waals surface area contributed by atoms with Crippen molar-refractivity contribution in [3.8, 4) is 0 Å². The summed E-state index contributed by atoms with van der Waals surface area (Å²) in [6.07, 6.45) is 6.90. The molecule has 3 rings (SSSR count). The summed E-state index contributed by atoms with van der Waals surface area (Å²) in [6.45, 7) is 0.580. The number of fused-ring (bicyclic) bond motifs is 1. The van der Waals surface area contributed by atoms with Gasteiger partial charge in [0.2, 0.25) is 0 Å². The van der Waals surface area contributed by atoms with E-state index in [1.165, 1.54) is 29.6 Å². The number of amides is 1. The van der Waals surface area contributed by atoms with Crippen LogP contribution in [0, 0.1) is 0 Å². The minimum absolute atomic E-state index is 0.0268. The lowest BCUT2D eigenvalue weighted by Crippen LogP contribution is -2.25. The zero-order valence-corrected chi connectivity index (χ0v) is 11.4. The highest BCUT2D eigenvalue weighted by atomic mass is 32.1. The van der Waals surface area contributed by atoms with E-state index in [2.05, 4.69) is 26.6 Å². The molecule has 5 nitrogen and oxygen atoms in total. The van der Waals surface area contributed by atoms with Crippen LogP contribution in [0.15, 0.2) is 12.4 Å². The molecule has 2 N–H and O–H groups in total. The van der Waals surface area contributed by atoms with Crippen LogP contribution in [-0.2, 0) is 19.3 Å². The van der Waals surface area contributed by atoms with Gasteiger partial charge in [-0.05, 0) is 37.3 Å². The molecule has 0 aliphatic heterocycles. The third kappa shape index (κ3) is 2.84. The lowest BCUT2D eigenvalue weighted by atomic mass is 9.99. The first-order valence-electron chi connectivity index (χ1n) is 6.57. The van der Waals surface area contributed by atoms with Gasteiger partial charge in [0, 0.05) is 17.8 Å². The van der Waals surface area contributed by atoms with Gasteiger partial charge in [-0.25, -0.2) is 4.98 Å². The van der Waals surface area contributed by atoms with Crippen LogP contribution in [0.4, 0.5) is 0 Å². The summed E-state index contributed by atoms with van der Waals surface area (Å²) in [5.41, 5.74) is 1.37. The SMILES string of the molecule is O=C(NCCc1ncn[nH]1)c1cc2c(s1)CCCC2. The zero-order valence-electron chi connectivity index (χ0n) is 10.6. The Bertz CT molecular complexity index is 538. The number of aryl methyl sites for hydroxylation is 2. The fraction of sp³-hybridized carbons (Fsp3) is 0.462. The third-order valence-corrected chi connectivity index (χ3v) is 4.57. The lowest BCUT2D eigenvalue weighted by molar-refractivity contribution is 0.0958. The first-order valence-corrected chi connectivity index (χ1v) is 7.38. The zero-order chi connectivity index (χ0) is 13.1. The quantitative estimate of drug-likeness (QED) is 0.893. The van der Waals surface area contributed by atoms with E-state index >= 15 is 0 Å². The average molecular weight is 276 g/mol. The number of carbonyl (C=O) groups is 1. The summed E-state index contributed by atoms with van der Waals surface area (Å²) in [5, 5.41) is 9.49. The number of hydrogen-bond acceptors (Lipinski definition) is 4. The maximum absolute atomic E-state index is 12.0. The topological polar surface area (TPSA) is 70.7 Å². The molecular formula is C13H16N4OS. The number of H-pyrrole nitrogens is 1. The van der Waals surface area contributed by atoms with Crippen molar-refractivity contribution in [2.45, 2.75) is 32.1 Å². The summed E-state index contributed by atoms with van der Waals surface area (Å²) in [5.74, 6) is 0.824. The van der Waals surface area contributed by atoms with E-state index in [4.69, 9.17) is 0 Å². The summed E-state index contributed by atoms with van der Waals surface area (Å²) in [7, 11) is 0. The van der Waals surface area contributed by atoms with Crippen molar-refractivity contribution in [2.24, 2.45) is 0 Å². The molecule has 1 aliphatic rings. The number of nitrogens with zero attached hydrogens (tertiary/aromatic N) is 2. The molecule has 6 heteroatoms. The smallest absolute Gasteiger partial charge is 0.261 e. The molecule has 2 aromatic heterocycles. The number of rotatable bonds is 4. The summed E-state index contributed by atoms with van der Waals surface area (Å²) in [4.78, 5) is 18.3. The fourth-order valence-corrected chi connectivity index (χ4v) is 3.51. The van der Waals surface area contributed by atoms with Crippen molar-refractivity contribution >= 4 is 17.2 Å². The molecule has 0 atom stereocenters. The van der Waals surface area contributed by atoms with Gasteiger partial charge in [0.1, 0.15) is 12.2 Å². The molecule has 1 aliphatic carbocycles. The summed E-state index contributed by atoms with van der Waals surface area (Å²) in [6, 6.07) is 2.06. The second kappa shape index (κ2) is 5.52. The first kappa shape index (κ1) is 12.3. The van der Waals surface area contributed by atoms with Crippen LogP contribution >= 0.6 is 11.3 Å². The molecule has 0 unspecified atom stereocenters. The molecule has 1 amide bonds. The predicted molar refractivity (Wildman–Crippen MR) is 73.4 cm³/mol. The second-order valence-electron chi connectivity index (χ2n) is 4.70. The van der Waals surface area contributed by atoms with Gasteiger partial charge in [-0.3, -0.25) is 9.89 Å². The van der Waals surface area contributed by atoms with Gasteiger partial charge in [-0.1, -0.05) is 0 Å². The van der Waals surface area contributed by atoms with Crippen molar-refractivity contribution in [3.05, 3.63) is 33.5 Å². The van der Waals surface area contributed by atoms with Gasteiger partial charge in [-0.15, -0.1) is 11.3 Å². The molecule has 19 heavy (non-hydrogen) atoms. The second-order valence-corrected chi connectivity index (χ2v) is 5.84. The van der Waals surface area contributed by atoms with Gasteiger partial charge in [0.25, 0.3) is 5.91 Å². The molecule has 0 aromatic carbocycles. The Hall–Kier alpha value is -1.69.